The maximum atomic E-state index is 12.9. The van der Waals surface area contributed by atoms with Crippen molar-refractivity contribution in [3.8, 4) is 11.5 Å². The lowest BCUT2D eigenvalue weighted by molar-refractivity contribution is -0.127. The fourth-order valence-corrected chi connectivity index (χ4v) is 6.97. The summed E-state index contributed by atoms with van der Waals surface area (Å²) in [6, 6.07) is 13.2. The molecule has 0 unspecified atom stereocenters. The van der Waals surface area contributed by atoms with Gasteiger partial charge in [-0.15, -0.1) is 11.3 Å². The standard InChI is InChI=1S/C27H28N4O5S4/c1-35-19-12-11-17(14-20(19)36-2)15-22-25(34)31(27(37)40-22)13-7-3-4-10-23(32)29-30-24(33)16-38-26-28-18-8-5-6-9-21(18)39-26/h5-6,8-9,11-12,14-15H,3-4,7,10,13,16H2,1-2H3,(H,29,32)(H,30,33)/b22-15-. The molecular formula is C27H28N4O5S4. The number of methoxy groups -OCH3 is 2. The zero-order valence-corrected chi connectivity index (χ0v) is 25.2. The Kier molecular flexibility index (Phi) is 10.8. The summed E-state index contributed by atoms with van der Waals surface area (Å²) in [5.74, 6) is 0.662. The second-order valence-corrected chi connectivity index (χ2v) is 12.5. The molecule has 9 nitrogen and oxygen atoms in total. The normalized spacial score (nSPS) is 14.2. The number of carbonyl (C=O) groups is 3. The summed E-state index contributed by atoms with van der Waals surface area (Å²) in [5.41, 5.74) is 6.62. The Morgan fingerprint density at radius 1 is 1.05 bits per heavy atom. The summed E-state index contributed by atoms with van der Waals surface area (Å²) in [6.07, 6.45) is 4.12. The number of unbranched alkanes of at least 4 members (excludes halogenated alkanes) is 2. The summed E-state index contributed by atoms with van der Waals surface area (Å²) >= 11 is 9.55. The molecule has 0 aliphatic carbocycles. The summed E-state index contributed by atoms with van der Waals surface area (Å²) in [5, 5.41) is 0. The summed E-state index contributed by atoms with van der Waals surface area (Å²) in [4.78, 5) is 43.7. The molecule has 2 heterocycles. The van der Waals surface area contributed by atoms with E-state index < -0.39 is 0 Å². The van der Waals surface area contributed by atoms with Crippen LogP contribution in [-0.2, 0) is 14.4 Å². The van der Waals surface area contributed by atoms with Crippen LogP contribution in [0.2, 0.25) is 0 Å². The summed E-state index contributed by atoms with van der Waals surface area (Å²) < 4.78 is 13.0. The van der Waals surface area contributed by atoms with E-state index in [9.17, 15) is 14.4 Å². The number of hydrogen-bond donors (Lipinski definition) is 2. The molecule has 2 N–H and O–H groups in total. The molecule has 1 aromatic heterocycles. The Labute approximate surface area is 250 Å². The van der Waals surface area contributed by atoms with Crippen LogP contribution >= 0.6 is 47.1 Å². The number of para-hydroxylation sites is 1. The molecule has 1 saturated heterocycles. The molecule has 1 aliphatic heterocycles. The Morgan fingerprint density at radius 3 is 2.60 bits per heavy atom. The van der Waals surface area contributed by atoms with Gasteiger partial charge in [0.1, 0.15) is 4.32 Å². The van der Waals surface area contributed by atoms with Gasteiger partial charge in [-0.1, -0.05) is 60.4 Å². The van der Waals surface area contributed by atoms with Crippen molar-refractivity contribution in [2.24, 2.45) is 0 Å². The lowest BCUT2D eigenvalue weighted by atomic mass is 10.1. The van der Waals surface area contributed by atoms with E-state index in [2.05, 4.69) is 15.8 Å². The highest BCUT2D eigenvalue weighted by Gasteiger charge is 2.31. The van der Waals surface area contributed by atoms with E-state index >= 15 is 0 Å². The molecule has 3 amide bonds. The highest BCUT2D eigenvalue weighted by molar-refractivity contribution is 8.26. The van der Waals surface area contributed by atoms with Gasteiger partial charge >= 0.3 is 0 Å². The third kappa shape index (κ3) is 7.96. The quantitative estimate of drug-likeness (QED) is 0.0954. The molecule has 13 heteroatoms. The molecule has 0 saturated carbocycles. The van der Waals surface area contributed by atoms with E-state index in [1.54, 1.807) is 37.3 Å². The maximum Gasteiger partial charge on any atom is 0.266 e. The number of carbonyl (C=O) groups excluding carboxylic acids is 3. The van der Waals surface area contributed by atoms with Crippen LogP contribution in [0.5, 0.6) is 11.5 Å². The largest absolute Gasteiger partial charge is 0.493 e. The number of amides is 3. The molecule has 2 aromatic carbocycles. The highest BCUT2D eigenvalue weighted by atomic mass is 32.2. The zero-order chi connectivity index (χ0) is 28.5. The average Bonchev–Trinajstić information content (AvgIpc) is 3.50. The Hall–Kier alpha value is -3.13. The van der Waals surface area contributed by atoms with Crippen LogP contribution in [-0.4, -0.2) is 58.4 Å². The topological polar surface area (TPSA) is 110 Å². The first-order chi connectivity index (χ1) is 19.4. The number of hydrogen-bond acceptors (Lipinski definition) is 10. The van der Waals surface area contributed by atoms with Gasteiger partial charge < -0.3 is 9.47 Å². The Bertz CT molecular complexity index is 1410. The van der Waals surface area contributed by atoms with Crippen LogP contribution in [0, 0.1) is 0 Å². The third-order valence-electron chi connectivity index (χ3n) is 5.81. The van der Waals surface area contributed by atoms with Crippen molar-refractivity contribution in [1.29, 1.82) is 0 Å². The molecule has 0 atom stereocenters. The minimum absolute atomic E-state index is 0.131. The van der Waals surface area contributed by atoms with Gasteiger partial charge in [-0.05, 0) is 48.7 Å². The van der Waals surface area contributed by atoms with Crippen LogP contribution in [0.4, 0.5) is 0 Å². The van der Waals surface area contributed by atoms with Gasteiger partial charge in [0, 0.05) is 13.0 Å². The van der Waals surface area contributed by atoms with E-state index in [1.165, 1.54) is 34.9 Å². The number of nitrogens with zero attached hydrogens (tertiary/aromatic N) is 2. The van der Waals surface area contributed by atoms with Gasteiger partial charge in [-0.3, -0.25) is 30.1 Å². The lowest BCUT2D eigenvalue weighted by Crippen LogP contribution is -2.42. The number of nitrogens with one attached hydrogen (secondary N) is 2. The first-order valence-corrected chi connectivity index (χ1v) is 15.4. The van der Waals surface area contributed by atoms with Crippen molar-refractivity contribution in [2.45, 2.75) is 30.0 Å². The summed E-state index contributed by atoms with van der Waals surface area (Å²) in [6.45, 7) is 0.481. The molecule has 1 aliphatic rings. The van der Waals surface area contributed by atoms with E-state index in [-0.39, 0.29) is 29.9 Å². The number of aromatic nitrogens is 1. The van der Waals surface area contributed by atoms with Gasteiger partial charge in [0.05, 0.1) is 35.1 Å². The Morgan fingerprint density at radius 2 is 1.82 bits per heavy atom. The molecular weight excluding hydrogens is 589 g/mol. The number of thioether (sulfide) groups is 2. The minimum Gasteiger partial charge on any atom is -0.493 e. The second-order valence-electron chi connectivity index (χ2n) is 8.59. The number of ether oxygens (including phenoxy) is 2. The van der Waals surface area contributed by atoms with Crippen LogP contribution in [0.3, 0.4) is 0 Å². The first kappa shape index (κ1) is 29.8. The maximum absolute atomic E-state index is 12.9. The smallest absolute Gasteiger partial charge is 0.266 e. The van der Waals surface area contributed by atoms with Gasteiger partial charge in [-0.25, -0.2) is 4.98 Å². The van der Waals surface area contributed by atoms with Crippen LogP contribution in [0.15, 0.2) is 51.7 Å². The predicted molar refractivity (Wildman–Crippen MR) is 165 cm³/mol. The van der Waals surface area contributed by atoms with E-state index in [1.807, 2.05) is 30.3 Å². The van der Waals surface area contributed by atoms with E-state index in [0.29, 0.717) is 40.1 Å². The monoisotopic (exact) mass is 616 g/mol. The minimum atomic E-state index is -0.298. The summed E-state index contributed by atoms with van der Waals surface area (Å²) in [7, 11) is 3.13. The van der Waals surface area contributed by atoms with E-state index in [4.69, 9.17) is 21.7 Å². The van der Waals surface area contributed by atoms with E-state index in [0.717, 1.165) is 26.5 Å². The molecule has 0 spiro atoms. The van der Waals surface area contributed by atoms with Gasteiger partial charge in [-0.2, -0.15) is 0 Å². The average molecular weight is 617 g/mol. The van der Waals surface area contributed by atoms with Gasteiger partial charge in [0.25, 0.3) is 5.91 Å². The molecule has 3 aromatic rings. The number of hydrazine groups is 1. The molecule has 4 rings (SSSR count). The fourth-order valence-electron chi connectivity index (χ4n) is 3.80. The molecule has 1 fully saturated rings. The first-order valence-electron chi connectivity index (χ1n) is 12.4. The third-order valence-corrected chi connectivity index (χ3v) is 9.36. The lowest BCUT2D eigenvalue weighted by Gasteiger charge is -2.14. The SMILES string of the molecule is COc1ccc(/C=C2\SC(=S)N(CCCCCC(=O)NNC(=O)CSc3nc4ccccc4s3)C2=O)cc1OC. The highest BCUT2D eigenvalue weighted by Crippen LogP contribution is 2.35. The van der Waals surface area contributed by atoms with Crippen molar-refractivity contribution in [2.75, 3.05) is 26.5 Å². The zero-order valence-electron chi connectivity index (χ0n) is 21.9. The number of rotatable bonds is 12. The molecule has 0 radical (unpaired) electrons. The number of thiazole rings is 1. The van der Waals surface area contributed by atoms with Gasteiger partial charge in [0.15, 0.2) is 15.8 Å². The van der Waals surface area contributed by atoms with Crippen LogP contribution < -0.4 is 20.3 Å². The molecule has 210 valence electrons. The molecule has 0 bridgehead atoms. The number of fused-ring (bicyclic) bond motifs is 1. The number of thiocarbonyl (C=S) groups is 1. The van der Waals surface area contributed by atoms with Crippen LogP contribution in [0.25, 0.3) is 16.3 Å². The number of benzene rings is 2. The van der Waals surface area contributed by atoms with Crippen molar-refractivity contribution in [1.82, 2.24) is 20.7 Å². The second kappa shape index (κ2) is 14.5. The predicted octanol–water partition coefficient (Wildman–Crippen LogP) is 5.01. The van der Waals surface area contributed by atoms with Gasteiger partial charge in [0.2, 0.25) is 11.8 Å². The van der Waals surface area contributed by atoms with Crippen molar-refractivity contribution in [3.05, 3.63) is 52.9 Å². The fraction of sp³-hybridized carbons (Fsp3) is 0.296. The van der Waals surface area contributed by atoms with Crippen molar-refractivity contribution in [3.63, 3.8) is 0 Å². The Balaban J connectivity index is 1.13. The molecule has 40 heavy (non-hydrogen) atoms. The van der Waals surface area contributed by atoms with Crippen LogP contribution in [0.1, 0.15) is 31.2 Å². The van der Waals surface area contributed by atoms with Crippen molar-refractivity contribution < 1.29 is 23.9 Å². The van der Waals surface area contributed by atoms with Crippen molar-refractivity contribution >= 4 is 85.4 Å².